The number of hydrogen-bond acceptors (Lipinski definition) is 9. The van der Waals surface area contributed by atoms with Gasteiger partial charge in [0, 0.05) is 37.4 Å². The number of carboxylic acid groups (broad SMARTS) is 1. The molecule has 0 spiro atoms. The standard InChI is InChI=1S/C43H66FN5O7S/c1-9-11-12-14-22-49(42(53)38(28(5)10-2)47-40(52)35-16-13-15-21-48(35)8)36(27(3)4)25-37(56-30(7)50)41-46-34(26-57-41)39(51)45-33(23-29(6)43(54)55)24-31-17-19-32(44)20-18-31/h17-20,26-29,33,35-38H,9-16,21-25H2,1-8H3,(H,45,51)(H,47,52)(H,54,55)/t28?,29?,33?,35-,36?,37?,38?/m1/s1. The van der Waals surface area contributed by atoms with Crippen LogP contribution in [0.5, 0.6) is 0 Å². The first-order chi connectivity index (χ1) is 27.1. The molecule has 3 rings (SSSR count). The number of halogens is 1. The molecule has 2 heterocycles. The van der Waals surface area contributed by atoms with Crippen molar-refractivity contribution in [3.8, 4) is 0 Å². The van der Waals surface area contributed by atoms with Crippen LogP contribution >= 0.6 is 11.3 Å². The maximum atomic E-state index is 14.8. The average Bonchev–Trinajstić information content (AvgIpc) is 3.67. The highest BCUT2D eigenvalue weighted by Gasteiger charge is 2.38. The van der Waals surface area contributed by atoms with Crippen molar-refractivity contribution in [1.82, 2.24) is 25.4 Å². The Morgan fingerprint density at radius 3 is 2.32 bits per heavy atom. The number of aromatic nitrogens is 1. The number of carboxylic acids is 1. The topological polar surface area (TPSA) is 158 Å². The molecule has 3 N–H and O–H groups in total. The van der Waals surface area contributed by atoms with E-state index in [-0.39, 0.29) is 54.6 Å². The summed E-state index contributed by atoms with van der Waals surface area (Å²) < 4.78 is 19.5. The predicted octanol–water partition coefficient (Wildman–Crippen LogP) is 7.18. The highest BCUT2D eigenvalue weighted by Crippen LogP contribution is 2.32. The summed E-state index contributed by atoms with van der Waals surface area (Å²) in [7, 11) is 1.95. The third kappa shape index (κ3) is 14.8. The van der Waals surface area contributed by atoms with E-state index in [1.807, 2.05) is 39.6 Å². The number of ether oxygens (including phenoxy) is 1. The van der Waals surface area contributed by atoms with E-state index >= 15 is 0 Å². The molecule has 3 amide bonds. The van der Waals surface area contributed by atoms with Gasteiger partial charge in [-0.3, -0.25) is 28.9 Å². The molecule has 318 valence electrons. The number of likely N-dealkylation sites (tertiary alicyclic amines) is 1. The molecule has 57 heavy (non-hydrogen) atoms. The summed E-state index contributed by atoms with van der Waals surface area (Å²) >= 11 is 1.17. The van der Waals surface area contributed by atoms with Crippen LogP contribution in [-0.2, 0) is 30.3 Å². The van der Waals surface area contributed by atoms with E-state index in [1.54, 1.807) is 24.4 Å². The second-order valence-electron chi connectivity index (χ2n) is 16.1. The molecule has 1 aliphatic heterocycles. The number of nitrogens with one attached hydrogen (secondary N) is 2. The largest absolute Gasteiger partial charge is 0.481 e. The van der Waals surface area contributed by atoms with Gasteiger partial charge in [-0.05, 0) is 75.2 Å². The Kier molecular flexibility index (Phi) is 19.6. The van der Waals surface area contributed by atoms with Gasteiger partial charge >= 0.3 is 11.9 Å². The molecule has 0 aliphatic carbocycles. The molecule has 14 heteroatoms. The van der Waals surface area contributed by atoms with Gasteiger partial charge in [-0.2, -0.15) is 0 Å². The van der Waals surface area contributed by atoms with Crippen molar-refractivity contribution in [2.45, 2.75) is 149 Å². The fourth-order valence-electron chi connectivity index (χ4n) is 7.47. The quantitative estimate of drug-likeness (QED) is 0.0781. The molecule has 1 aromatic carbocycles. The maximum Gasteiger partial charge on any atom is 0.306 e. The number of rotatable bonds is 23. The van der Waals surface area contributed by atoms with Crippen molar-refractivity contribution in [2.75, 3.05) is 20.1 Å². The van der Waals surface area contributed by atoms with Crippen molar-refractivity contribution in [1.29, 1.82) is 0 Å². The molecule has 2 aromatic rings. The predicted molar refractivity (Wildman–Crippen MR) is 220 cm³/mol. The van der Waals surface area contributed by atoms with E-state index in [1.165, 1.54) is 30.4 Å². The number of carbonyl (C=O) groups is 5. The summed E-state index contributed by atoms with van der Waals surface area (Å²) in [6.07, 6.45) is 6.96. The molecule has 12 nitrogen and oxygen atoms in total. The van der Waals surface area contributed by atoms with Gasteiger partial charge in [-0.1, -0.05) is 85.8 Å². The molecule has 1 aromatic heterocycles. The van der Waals surface area contributed by atoms with E-state index in [0.29, 0.717) is 18.0 Å². The van der Waals surface area contributed by atoms with Crippen LogP contribution in [0.2, 0.25) is 0 Å². The molecule has 0 bridgehead atoms. The van der Waals surface area contributed by atoms with Gasteiger partial charge in [0.25, 0.3) is 5.91 Å². The van der Waals surface area contributed by atoms with Gasteiger partial charge in [0.05, 0.1) is 12.0 Å². The summed E-state index contributed by atoms with van der Waals surface area (Å²) in [5.74, 6) is -3.69. The number of benzene rings is 1. The summed E-state index contributed by atoms with van der Waals surface area (Å²) in [6.45, 7) is 14.4. The van der Waals surface area contributed by atoms with Crippen LogP contribution in [0, 0.1) is 23.6 Å². The van der Waals surface area contributed by atoms with E-state index < -0.39 is 53.8 Å². The minimum absolute atomic E-state index is 0.0675. The minimum Gasteiger partial charge on any atom is -0.481 e. The molecule has 1 saturated heterocycles. The number of esters is 1. The Morgan fingerprint density at radius 2 is 1.72 bits per heavy atom. The lowest BCUT2D eigenvalue weighted by molar-refractivity contribution is -0.150. The van der Waals surface area contributed by atoms with E-state index in [2.05, 4.69) is 27.4 Å². The summed E-state index contributed by atoms with van der Waals surface area (Å²) in [6, 6.07) is 3.82. The Hall–Kier alpha value is -3.91. The second-order valence-corrected chi connectivity index (χ2v) is 17.0. The monoisotopic (exact) mass is 815 g/mol. The minimum atomic E-state index is -0.999. The number of unbranched alkanes of at least 4 members (excludes halogenated alkanes) is 3. The van der Waals surface area contributed by atoms with Gasteiger partial charge in [-0.25, -0.2) is 9.37 Å². The number of aliphatic carboxylic acids is 1. The second kappa shape index (κ2) is 23.5. The first kappa shape index (κ1) is 47.5. The van der Waals surface area contributed by atoms with Crippen molar-refractivity contribution in [2.24, 2.45) is 17.8 Å². The maximum absolute atomic E-state index is 14.8. The molecule has 1 fully saturated rings. The van der Waals surface area contributed by atoms with Crippen LogP contribution in [0.4, 0.5) is 4.39 Å². The zero-order valence-electron chi connectivity index (χ0n) is 35.2. The fraction of sp³-hybridized carbons (Fsp3) is 0.674. The van der Waals surface area contributed by atoms with Crippen LogP contribution in [0.3, 0.4) is 0 Å². The van der Waals surface area contributed by atoms with E-state index in [0.717, 1.165) is 57.1 Å². The summed E-state index contributed by atoms with van der Waals surface area (Å²) in [5.41, 5.74) is 0.818. The number of piperidine rings is 1. The summed E-state index contributed by atoms with van der Waals surface area (Å²) in [5, 5.41) is 17.6. The Morgan fingerprint density at radius 1 is 1.02 bits per heavy atom. The molecule has 0 radical (unpaired) electrons. The third-order valence-corrected chi connectivity index (χ3v) is 12.1. The van der Waals surface area contributed by atoms with Crippen molar-refractivity contribution >= 4 is 41.0 Å². The van der Waals surface area contributed by atoms with E-state index in [4.69, 9.17) is 4.74 Å². The zero-order chi connectivity index (χ0) is 42.2. The zero-order valence-corrected chi connectivity index (χ0v) is 36.0. The first-order valence-electron chi connectivity index (χ1n) is 20.8. The third-order valence-electron chi connectivity index (χ3n) is 11.1. The molecule has 1 aliphatic rings. The normalized spacial score (nSPS) is 17.8. The highest BCUT2D eigenvalue weighted by molar-refractivity contribution is 7.09. The Bertz CT molecular complexity index is 1600. The average molecular weight is 816 g/mol. The van der Waals surface area contributed by atoms with Gasteiger partial charge in [-0.15, -0.1) is 11.3 Å². The van der Waals surface area contributed by atoms with Gasteiger partial charge in [0.1, 0.15) is 22.6 Å². The Balaban J connectivity index is 1.92. The van der Waals surface area contributed by atoms with Crippen LogP contribution in [0.25, 0.3) is 0 Å². The van der Waals surface area contributed by atoms with Crippen molar-refractivity contribution < 1.29 is 38.2 Å². The number of thiazole rings is 1. The van der Waals surface area contributed by atoms with Crippen molar-refractivity contribution in [3.05, 3.63) is 51.7 Å². The number of likely N-dealkylation sites (N-methyl/N-ethyl adjacent to an activating group) is 1. The van der Waals surface area contributed by atoms with Gasteiger partial charge in [0.15, 0.2) is 6.10 Å². The smallest absolute Gasteiger partial charge is 0.306 e. The molecule has 6 unspecified atom stereocenters. The fourth-order valence-corrected chi connectivity index (χ4v) is 8.31. The number of carbonyl (C=O) groups excluding carboxylic acids is 4. The Labute approximate surface area is 342 Å². The number of amides is 3. The number of hydrogen-bond donors (Lipinski definition) is 3. The van der Waals surface area contributed by atoms with Gasteiger partial charge in [0.2, 0.25) is 11.8 Å². The van der Waals surface area contributed by atoms with E-state index in [9.17, 15) is 33.5 Å². The van der Waals surface area contributed by atoms with Crippen LogP contribution < -0.4 is 10.6 Å². The van der Waals surface area contributed by atoms with Crippen LogP contribution in [-0.4, -0.2) is 93.9 Å². The first-order valence-corrected chi connectivity index (χ1v) is 21.7. The summed E-state index contributed by atoms with van der Waals surface area (Å²) in [4.78, 5) is 75.0. The SMILES string of the molecule is CCCCCCN(C(=O)C(NC(=O)[C@H]1CCCCN1C)C(C)CC)C(CC(OC(C)=O)c1nc(C(=O)NC(Cc2ccc(F)cc2)CC(C)C(=O)O)cs1)C(C)C. The molecule has 7 atom stereocenters. The lowest BCUT2D eigenvalue weighted by Crippen LogP contribution is -2.59. The van der Waals surface area contributed by atoms with Crippen LogP contribution in [0.15, 0.2) is 29.6 Å². The lowest BCUT2D eigenvalue weighted by Gasteiger charge is -2.40. The van der Waals surface area contributed by atoms with Crippen molar-refractivity contribution in [3.63, 3.8) is 0 Å². The lowest BCUT2D eigenvalue weighted by atomic mass is 9.91. The van der Waals surface area contributed by atoms with Gasteiger partial charge < -0.3 is 25.4 Å². The molecule has 0 saturated carbocycles. The van der Waals surface area contributed by atoms with Crippen LogP contribution in [0.1, 0.15) is 140 Å². The molecular formula is C43H66FN5O7S. The highest BCUT2D eigenvalue weighted by atomic mass is 32.1. The number of nitrogens with zero attached hydrogens (tertiary/aromatic N) is 3. The molecular weight excluding hydrogens is 750 g/mol.